The molecule has 0 fully saturated rings. The largest absolute Gasteiger partial charge is 0.401 e. The van der Waals surface area contributed by atoms with Crippen LogP contribution in [0.1, 0.15) is 47.5 Å². The first kappa shape index (κ1) is 18.2. The van der Waals surface area contributed by atoms with E-state index in [1.807, 2.05) is 20.9 Å². The third-order valence-electron chi connectivity index (χ3n) is 2.96. The fourth-order valence-electron chi connectivity index (χ4n) is 1.63. The number of ether oxygens (including phenoxy) is 1. The number of nitrogens with zero attached hydrogens (tertiary/aromatic N) is 1. The minimum absolute atomic E-state index is 0.217. The molecule has 5 N–H and O–H groups in total. The maximum Gasteiger partial charge on any atom is 0.0751 e. The Morgan fingerprint density at radius 2 is 1.89 bits per heavy atom. The number of allylic oxidation sites excluding steroid dienone is 1. The molecule has 5 nitrogen and oxygen atoms in total. The van der Waals surface area contributed by atoms with Crippen molar-refractivity contribution in [2.24, 2.45) is 11.6 Å². The Kier molecular flexibility index (Phi) is 7.41. The maximum atomic E-state index is 6.07. The van der Waals surface area contributed by atoms with Gasteiger partial charge in [0.1, 0.15) is 0 Å². The van der Waals surface area contributed by atoms with Gasteiger partial charge in [-0.25, -0.2) is 5.84 Å². The van der Waals surface area contributed by atoms with Crippen molar-refractivity contribution in [2.75, 3.05) is 20.2 Å². The molecular weight excluding hydrogens is 240 g/mol. The van der Waals surface area contributed by atoms with E-state index < -0.39 is 0 Å². The van der Waals surface area contributed by atoms with Gasteiger partial charge < -0.3 is 20.8 Å². The van der Waals surface area contributed by atoms with Crippen molar-refractivity contribution in [3.8, 4) is 0 Å². The Morgan fingerprint density at radius 1 is 1.32 bits per heavy atom. The van der Waals surface area contributed by atoms with Crippen molar-refractivity contribution < 1.29 is 4.74 Å². The van der Waals surface area contributed by atoms with E-state index in [9.17, 15) is 0 Å². The lowest BCUT2D eigenvalue weighted by atomic mass is 10.0. The van der Waals surface area contributed by atoms with E-state index in [0.29, 0.717) is 6.61 Å². The van der Waals surface area contributed by atoms with Crippen LogP contribution in [0.25, 0.3) is 0 Å². The Hall–Kier alpha value is -0.780. The number of nitrogens with two attached hydrogens (primary N) is 2. The third-order valence-corrected chi connectivity index (χ3v) is 2.96. The molecule has 19 heavy (non-hydrogen) atoms. The zero-order valence-electron chi connectivity index (χ0n) is 13.4. The Balaban J connectivity index is 4.49. The number of rotatable bonds is 9. The molecule has 0 rings (SSSR count). The first-order valence-corrected chi connectivity index (χ1v) is 6.93. The normalized spacial score (nSPS) is 13.7. The lowest BCUT2D eigenvalue weighted by Gasteiger charge is -2.37. The number of likely N-dealkylation sites (N-methyl/N-ethyl adjacent to an activating group) is 1. The Morgan fingerprint density at radius 3 is 2.37 bits per heavy atom. The van der Waals surface area contributed by atoms with Gasteiger partial charge >= 0.3 is 0 Å². The smallest absolute Gasteiger partial charge is 0.0751 e. The van der Waals surface area contributed by atoms with Crippen LogP contribution in [0.4, 0.5) is 0 Å². The summed E-state index contributed by atoms with van der Waals surface area (Å²) < 4.78 is 5.94. The molecule has 0 radical (unpaired) electrons. The van der Waals surface area contributed by atoms with Crippen LogP contribution in [-0.4, -0.2) is 36.3 Å². The quantitative estimate of drug-likeness (QED) is 0.438. The zero-order valence-corrected chi connectivity index (χ0v) is 13.4. The number of hydrogen-bond donors (Lipinski definition) is 3. The molecule has 0 aliphatic heterocycles. The van der Waals surface area contributed by atoms with E-state index in [4.69, 9.17) is 16.3 Å². The van der Waals surface area contributed by atoms with Gasteiger partial charge in [-0.3, -0.25) is 0 Å². The van der Waals surface area contributed by atoms with Crippen molar-refractivity contribution in [1.82, 2.24) is 10.3 Å². The predicted molar refractivity (Wildman–Crippen MR) is 81.2 cm³/mol. The second kappa shape index (κ2) is 7.72. The Labute approximate surface area is 118 Å². The van der Waals surface area contributed by atoms with E-state index >= 15 is 0 Å². The molecule has 0 aromatic rings. The minimum atomic E-state index is -0.302. The summed E-state index contributed by atoms with van der Waals surface area (Å²) in [5, 5.41) is 4.77. The number of hydrazine groups is 1. The molecule has 0 heterocycles. The van der Waals surface area contributed by atoms with E-state index in [2.05, 4.69) is 26.1 Å². The lowest BCUT2D eigenvalue weighted by Crippen LogP contribution is -2.51. The van der Waals surface area contributed by atoms with Crippen LogP contribution >= 0.6 is 0 Å². The molecule has 0 aliphatic rings. The van der Waals surface area contributed by atoms with Crippen molar-refractivity contribution >= 4 is 0 Å². The van der Waals surface area contributed by atoms with Gasteiger partial charge in [0.05, 0.1) is 17.7 Å². The summed E-state index contributed by atoms with van der Waals surface area (Å²) in [7, 11) is 1.92. The summed E-state index contributed by atoms with van der Waals surface area (Å²) in [6.45, 7) is 11.6. The first-order chi connectivity index (χ1) is 8.64. The van der Waals surface area contributed by atoms with Crippen LogP contribution in [0.5, 0.6) is 0 Å². The fraction of sp³-hybridized carbons (Fsp3) is 0.857. The summed E-state index contributed by atoms with van der Waals surface area (Å²) in [5.41, 5.74) is 6.18. The molecule has 0 amide bonds. The van der Waals surface area contributed by atoms with Crippen LogP contribution in [0, 0.1) is 0 Å². The van der Waals surface area contributed by atoms with Crippen molar-refractivity contribution in [2.45, 2.75) is 58.6 Å². The van der Waals surface area contributed by atoms with Crippen LogP contribution in [0.15, 0.2) is 11.9 Å². The average Bonchev–Trinajstić information content (AvgIpc) is 2.27. The summed E-state index contributed by atoms with van der Waals surface area (Å²) in [4.78, 5) is 0. The van der Waals surface area contributed by atoms with Crippen molar-refractivity contribution in [1.29, 1.82) is 0 Å². The SMILES string of the molecule is CCC/C(N)=C/N(N)C(C)(C)COC(C)(C)CNC. The summed E-state index contributed by atoms with van der Waals surface area (Å²) in [5.74, 6) is 6.07. The van der Waals surface area contributed by atoms with Crippen LogP contribution < -0.4 is 16.9 Å². The van der Waals surface area contributed by atoms with E-state index in [-0.39, 0.29) is 11.1 Å². The van der Waals surface area contributed by atoms with E-state index in [0.717, 1.165) is 25.1 Å². The molecule has 0 spiro atoms. The van der Waals surface area contributed by atoms with Crippen molar-refractivity contribution in [3.63, 3.8) is 0 Å². The molecule has 0 saturated heterocycles. The zero-order chi connectivity index (χ0) is 15.1. The molecule has 0 unspecified atom stereocenters. The topological polar surface area (TPSA) is 76.5 Å². The Bertz CT molecular complexity index is 287. The maximum absolute atomic E-state index is 6.07. The average molecular weight is 272 g/mol. The standard InChI is InChI=1S/C14H32N4O/c1-7-8-12(15)9-18(16)13(2,3)11-19-14(4,5)10-17-6/h9,17H,7-8,10-11,15-16H2,1-6H3/b12-9-. The highest BCUT2D eigenvalue weighted by Crippen LogP contribution is 2.17. The van der Waals surface area contributed by atoms with Gasteiger partial charge in [-0.05, 0) is 41.2 Å². The molecular formula is C14H32N4O. The highest BCUT2D eigenvalue weighted by molar-refractivity contribution is 4.98. The van der Waals surface area contributed by atoms with Crippen LogP contribution in [0.3, 0.4) is 0 Å². The second-order valence-electron chi connectivity index (χ2n) is 6.25. The van der Waals surface area contributed by atoms with Gasteiger partial charge in [-0.15, -0.1) is 0 Å². The van der Waals surface area contributed by atoms with E-state index in [1.165, 1.54) is 0 Å². The van der Waals surface area contributed by atoms with Crippen LogP contribution in [-0.2, 0) is 4.74 Å². The minimum Gasteiger partial charge on any atom is -0.401 e. The summed E-state index contributed by atoms with van der Waals surface area (Å²) in [6, 6.07) is 0. The van der Waals surface area contributed by atoms with Gasteiger partial charge in [0.15, 0.2) is 0 Å². The van der Waals surface area contributed by atoms with Gasteiger partial charge in [0.25, 0.3) is 0 Å². The molecule has 0 saturated carbocycles. The lowest BCUT2D eigenvalue weighted by molar-refractivity contribution is -0.0606. The molecule has 5 heteroatoms. The highest BCUT2D eigenvalue weighted by atomic mass is 16.5. The van der Waals surface area contributed by atoms with E-state index in [1.54, 1.807) is 11.2 Å². The van der Waals surface area contributed by atoms with Gasteiger partial charge in [-0.1, -0.05) is 13.3 Å². The second-order valence-corrected chi connectivity index (χ2v) is 6.25. The summed E-state index contributed by atoms with van der Waals surface area (Å²) in [6.07, 6.45) is 3.68. The molecule has 0 bridgehead atoms. The number of nitrogens with one attached hydrogen (secondary N) is 1. The molecule has 0 aromatic heterocycles. The van der Waals surface area contributed by atoms with Gasteiger partial charge in [0.2, 0.25) is 0 Å². The first-order valence-electron chi connectivity index (χ1n) is 6.93. The monoisotopic (exact) mass is 272 g/mol. The molecule has 0 aromatic carbocycles. The molecule has 0 aliphatic carbocycles. The van der Waals surface area contributed by atoms with Gasteiger partial charge in [0, 0.05) is 18.4 Å². The summed E-state index contributed by atoms with van der Waals surface area (Å²) >= 11 is 0. The predicted octanol–water partition coefficient (Wildman–Crippen LogP) is 1.56. The van der Waals surface area contributed by atoms with Crippen LogP contribution in [0.2, 0.25) is 0 Å². The van der Waals surface area contributed by atoms with Gasteiger partial charge in [-0.2, -0.15) is 0 Å². The number of hydrogen-bond acceptors (Lipinski definition) is 5. The third kappa shape index (κ3) is 7.40. The van der Waals surface area contributed by atoms with Crippen molar-refractivity contribution in [3.05, 3.63) is 11.9 Å². The molecule has 114 valence electrons. The molecule has 0 atom stereocenters. The highest BCUT2D eigenvalue weighted by Gasteiger charge is 2.27. The fourth-order valence-corrected chi connectivity index (χ4v) is 1.63.